The molecule has 1 atom stereocenters. The van der Waals surface area contributed by atoms with Crippen molar-refractivity contribution in [2.45, 2.75) is 23.9 Å². The van der Waals surface area contributed by atoms with E-state index < -0.39 is 0 Å². The maximum atomic E-state index is 13.4. The van der Waals surface area contributed by atoms with E-state index in [0.29, 0.717) is 39.1 Å². The second-order valence-corrected chi connectivity index (χ2v) is 8.42. The van der Waals surface area contributed by atoms with Crippen molar-refractivity contribution in [3.8, 4) is 11.4 Å². The van der Waals surface area contributed by atoms with Gasteiger partial charge in [0.2, 0.25) is 11.7 Å². The van der Waals surface area contributed by atoms with Crippen LogP contribution >= 0.6 is 11.8 Å². The molecule has 2 heterocycles. The monoisotopic (exact) mass is 458 g/mol. The Bertz CT molecular complexity index is 1470. The first-order valence-electron chi connectivity index (χ1n) is 10.4. The summed E-state index contributed by atoms with van der Waals surface area (Å²) in [6.45, 7) is 1.98. The summed E-state index contributed by atoms with van der Waals surface area (Å²) in [6.07, 6.45) is 0. The third kappa shape index (κ3) is 4.29. The fraction of sp³-hybridized carbons (Fsp3) is 0.120. The van der Waals surface area contributed by atoms with Crippen molar-refractivity contribution in [2.75, 3.05) is 0 Å². The molecule has 0 aliphatic heterocycles. The van der Waals surface area contributed by atoms with E-state index >= 15 is 0 Å². The first-order valence-corrected chi connectivity index (χ1v) is 11.4. The van der Waals surface area contributed by atoms with Crippen molar-refractivity contribution in [3.05, 3.63) is 106 Å². The van der Waals surface area contributed by atoms with Crippen molar-refractivity contribution in [1.82, 2.24) is 19.7 Å². The number of para-hydroxylation sites is 1. The Kier molecular flexibility index (Phi) is 5.75. The average Bonchev–Trinajstić information content (AvgIpc) is 3.32. The summed E-state index contributed by atoms with van der Waals surface area (Å²) in [5.74, 6) is 0.777. The van der Waals surface area contributed by atoms with Gasteiger partial charge in [0.1, 0.15) is 5.82 Å². The highest BCUT2D eigenvalue weighted by atomic mass is 32.2. The maximum Gasteiger partial charge on any atom is 0.262 e. The minimum Gasteiger partial charge on any atom is -0.338 e. The third-order valence-electron chi connectivity index (χ3n) is 5.34. The van der Waals surface area contributed by atoms with E-state index in [9.17, 15) is 9.18 Å². The van der Waals surface area contributed by atoms with Crippen LogP contribution in [-0.2, 0) is 5.75 Å². The highest BCUT2D eigenvalue weighted by Gasteiger charge is 2.19. The van der Waals surface area contributed by atoms with E-state index in [4.69, 9.17) is 9.51 Å². The van der Waals surface area contributed by atoms with Crippen LogP contribution in [0.25, 0.3) is 22.3 Å². The molecule has 33 heavy (non-hydrogen) atoms. The molecule has 0 radical (unpaired) electrons. The van der Waals surface area contributed by atoms with Crippen LogP contribution in [0.15, 0.2) is 93.3 Å². The van der Waals surface area contributed by atoms with Crippen LogP contribution < -0.4 is 5.56 Å². The van der Waals surface area contributed by atoms with Gasteiger partial charge in [0, 0.05) is 5.56 Å². The summed E-state index contributed by atoms with van der Waals surface area (Å²) < 4.78 is 20.3. The highest BCUT2D eigenvalue weighted by Crippen LogP contribution is 2.27. The summed E-state index contributed by atoms with van der Waals surface area (Å²) in [6, 6.07) is 22.8. The summed E-state index contributed by atoms with van der Waals surface area (Å²) in [7, 11) is 0. The molecule has 1 unspecified atom stereocenters. The largest absolute Gasteiger partial charge is 0.338 e. The molecule has 2 aromatic heterocycles. The number of fused-ring (bicyclic) bond motifs is 1. The fourth-order valence-corrected chi connectivity index (χ4v) is 4.52. The van der Waals surface area contributed by atoms with Crippen molar-refractivity contribution >= 4 is 22.7 Å². The van der Waals surface area contributed by atoms with Gasteiger partial charge in [-0.2, -0.15) is 4.98 Å². The van der Waals surface area contributed by atoms with Gasteiger partial charge in [0.05, 0.1) is 22.7 Å². The lowest BCUT2D eigenvalue weighted by Crippen LogP contribution is -2.27. The van der Waals surface area contributed by atoms with Gasteiger partial charge in [-0.05, 0) is 48.9 Å². The zero-order chi connectivity index (χ0) is 22.8. The quantitative estimate of drug-likeness (QED) is 0.248. The number of hydrogen-bond donors (Lipinski definition) is 0. The van der Waals surface area contributed by atoms with E-state index in [1.165, 1.54) is 23.9 Å². The van der Waals surface area contributed by atoms with Crippen molar-refractivity contribution in [3.63, 3.8) is 0 Å². The molecule has 164 valence electrons. The number of benzene rings is 3. The maximum absolute atomic E-state index is 13.4. The topological polar surface area (TPSA) is 73.8 Å². The molecule has 0 spiro atoms. The van der Waals surface area contributed by atoms with Crippen molar-refractivity contribution in [2.24, 2.45) is 0 Å². The summed E-state index contributed by atoms with van der Waals surface area (Å²) >= 11 is 1.36. The van der Waals surface area contributed by atoms with E-state index in [1.807, 2.05) is 55.5 Å². The number of rotatable bonds is 6. The molecule has 0 fully saturated rings. The van der Waals surface area contributed by atoms with Crippen LogP contribution in [0.5, 0.6) is 0 Å². The van der Waals surface area contributed by atoms with Gasteiger partial charge in [-0.3, -0.25) is 9.36 Å². The molecule has 6 nitrogen and oxygen atoms in total. The number of aromatic nitrogens is 4. The molecule has 8 heteroatoms. The summed E-state index contributed by atoms with van der Waals surface area (Å²) in [4.78, 5) is 22.6. The van der Waals surface area contributed by atoms with E-state index in [2.05, 4.69) is 10.1 Å². The Labute approximate surface area is 193 Å². The molecule has 5 aromatic rings. The van der Waals surface area contributed by atoms with Gasteiger partial charge < -0.3 is 4.52 Å². The molecule has 0 aliphatic carbocycles. The minimum absolute atomic E-state index is 0.100. The smallest absolute Gasteiger partial charge is 0.262 e. The molecular weight excluding hydrogens is 439 g/mol. The second-order valence-electron chi connectivity index (χ2n) is 7.48. The SMILES string of the molecule is CC(c1ccccc1)n1c(SCc2nc(-c3ccc(F)cc3)no2)nc2ccccc2c1=O. The predicted octanol–water partition coefficient (Wildman–Crippen LogP) is 5.49. The Balaban J connectivity index is 1.49. The van der Waals surface area contributed by atoms with E-state index in [-0.39, 0.29) is 17.4 Å². The fourth-order valence-electron chi connectivity index (χ4n) is 3.61. The van der Waals surface area contributed by atoms with Gasteiger partial charge in [-0.1, -0.05) is 59.4 Å². The van der Waals surface area contributed by atoms with Crippen LogP contribution in [0.4, 0.5) is 4.39 Å². The molecule has 0 saturated heterocycles. The third-order valence-corrected chi connectivity index (χ3v) is 6.28. The summed E-state index contributed by atoms with van der Waals surface area (Å²) in [5.41, 5.74) is 2.21. The molecule has 0 bridgehead atoms. The second kappa shape index (κ2) is 8.99. The molecule has 0 amide bonds. The Hall–Kier alpha value is -3.78. The van der Waals surface area contributed by atoms with Crippen LogP contribution in [0.2, 0.25) is 0 Å². The van der Waals surface area contributed by atoms with Gasteiger partial charge >= 0.3 is 0 Å². The first kappa shape index (κ1) is 21.1. The standard InChI is InChI=1S/C25H19FN4O2S/c1-16(17-7-3-2-4-8-17)30-24(31)20-9-5-6-10-21(20)27-25(30)33-15-22-28-23(29-32-22)18-11-13-19(26)14-12-18/h2-14,16H,15H2,1H3. The lowest BCUT2D eigenvalue weighted by molar-refractivity contribution is 0.391. The van der Waals surface area contributed by atoms with Gasteiger partial charge in [-0.15, -0.1) is 0 Å². The zero-order valence-electron chi connectivity index (χ0n) is 17.7. The molecule has 0 saturated carbocycles. The number of thioether (sulfide) groups is 1. The van der Waals surface area contributed by atoms with Crippen LogP contribution in [-0.4, -0.2) is 19.7 Å². The Morgan fingerprint density at radius 3 is 2.48 bits per heavy atom. The van der Waals surface area contributed by atoms with Crippen LogP contribution in [0, 0.1) is 5.82 Å². The Morgan fingerprint density at radius 1 is 0.970 bits per heavy atom. The summed E-state index contributed by atoms with van der Waals surface area (Å²) in [5, 5.41) is 5.13. The molecule has 0 N–H and O–H groups in total. The van der Waals surface area contributed by atoms with Gasteiger partial charge in [0.15, 0.2) is 5.16 Å². The number of hydrogen-bond acceptors (Lipinski definition) is 6. The van der Waals surface area contributed by atoms with Crippen LogP contribution in [0.3, 0.4) is 0 Å². The van der Waals surface area contributed by atoms with Gasteiger partial charge in [0.25, 0.3) is 5.56 Å². The normalized spacial score (nSPS) is 12.2. The lowest BCUT2D eigenvalue weighted by atomic mass is 10.1. The van der Waals surface area contributed by atoms with Crippen LogP contribution in [0.1, 0.15) is 24.4 Å². The first-order chi connectivity index (χ1) is 16.1. The zero-order valence-corrected chi connectivity index (χ0v) is 18.5. The van der Waals surface area contributed by atoms with Gasteiger partial charge in [-0.25, -0.2) is 9.37 Å². The Morgan fingerprint density at radius 2 is 1.70 bits per heavy atom. The predicted molar refractivity (Wildman–Crippen MR) is 126 cm³/mol. The lowest BCUT2D eigenvalue weighted by Gasteiger charge is -2.19. The van der Waals surface area contributed by atoms with E-state index in [1.54, 1.807) is 22.8 Å². The average molecular weight is 459 g/mol. The van der Waals surface area contributed by atoms with Crippen molar-refractivity contribution in [1.29, 1.82) is 0 Å². The molecular formula is C25H19FN4O2S. The number of halogens is 1. The van der Waals surface area contributed by atoms with E-state index in [0.717, 1.165) is 5.56 Å². The highest BCUT2D eigenvalue weighted by molar-refractivity contribution is 7.98. The molecule has 3 aromatic carbocycles. The van der Waals surface area contributed by atoms with Crippen molar-refractivity contribution < 1.29 is 8.91 Å². The minimum atomic E-state index is -0.328. The molecule has 5 rings (SSSR count). The molecule has 0 aliphatic rings. The number of nitrogens with zero attached hydrogens (tertiary/aromatic N) is 4.